The Hall–Kier alpha value is -2.93. The van der Waals surface area contributed by atoms with E-state index in [1.807, 2.05) is 30.3 Å². The molecule has 3 N–H and O–H groups in total. The zero-order chi connectivity index (χ0) is 20.3. The summed E-state index contributed by atoms with van der Waals surface area (Å²) >= 11 is 0. The molecule has 0 bridgehead atoms. The quantitative estimate of drug-likeness (QED) is 0.346. The van der Waals surface area contributed by atoms with Crippen LogP contribution in [0.5, 0.6) is 0 Å². The molecular weight excluding hydrogens is 356 g/mol. The topological polar surface area (TPSA) is 98.3 Å². The second-order valence-corrected chi connectivity index (χ2v) is 7.78. The van der Waals surface area contributed by atoms with E-state index in [0.717, 1.165) is 41.5 Å². The van der Waals surface area contributed by atoms with E-state index in [0.29, 0.717) is 5.69 Å². The molecule has 1 fully saturated rings. The molecule has 2 aromatic rings. The van der Waals surface area contributed by atoms with Crippen LogP contribution in [-0.2, 0) is 4.79 Å². The number of quaternary nitrogens is 1. The number of likely N-dealkylation sites (N-methyl/N-ethyl adjacent to an activating group) is 1. The minimum Gasteiger partial charge on any atom is -0.399 e. The summed E-state index contributed by atoms with van der Waals surface area (Å²) in [6.07, 6.45) is 2.23. The Morgan fingerprint density at radius 3 is 2.36 bits per heavy atom. The molecule has 0 radical (unpaired) electrons. The van der Waals surface area contributed by atoms with Crippen LogP contribution in [0.25, 0.3) is 0 Å². The highest BCUT2D eigenvalue weighted by atomic mass is 16.6. The average Bonchev–Trinajstić information content (AvgIpc) is 3.09. The molecule has 1 amide bonds. The first kappa shape index (κ1) is 19.8. The lowest BCUT2D eigenvalue weighted by molar-refractivity contribution is -0.930. The largest absolute Gasteiger partial charge is 0.399 e. The van der Waals surface area contributed by atoms with Gasteiger partial charge in [-0.05, 0) is 17.7 Å². The number of nitro groups is 1. The van der Waals surface area contributed by atoms with Crippen LogP contribution < -0.4 is 11.1 Å². The zero-order valence-electron chi connectivity index (χ0n) is 16.3. The summed E-state index contributed by atoms with van der Waals surface area (Å²) in [5.41, 5.74) is 8.38. The fourth-order valence-electron chi connectivity index (χ4n) is 4.34. The number of likely N-dealkylation sites (tertiary alicyclic amines) is 1. The number of amides is 1. The van der Waals surface area contributed by atoms with Crippen molar-refractivity contribution in [3.8, 4) is 0 Å². The summed E-state index contributed by atoms with van der Waals surface area (Å²) in [7, 11) is 2.19. The van der Waals surface area contributed by atoms with E-state index in [2.05, 4.69) is 12.4 Å². The van der Waals surface area contributed by atoms with Crippen LogP contribution in [0.3, 0.4) is 0 Å². The van der Waals surface area contributed by atoms with Crippen molar-refractivity contribution < 1.29 is 14.2 Å². The smallest absolute Gasteiger partial charge is 0.269 e. The van der Waals surface area contributed by atoms with Gasteiger partial charge in [-0.3, -0.25) is 14.9 Å². The molecule has 7 heteroatoms. The number of benzene rings is 2. The first-order valence-electron chi connectivity index (χ1n) is 9.51. The summed E-state index contributed by atoms with van der Waals surface area (Å²) in [6.45, 7) is 3.45. The number of hydrogen-bond acceptors (Lipinski definition) is 4. The molecule has 1 aliphatic heterocycles. The fourth-order valence-corrected chi connectivity index (χ4v) is 4.34. The molecule has 0 aromatic heterocycles. The standard InChI is InChI=1S/C21H26N4O3/c1-15(26)23-20(17-6-5-7-19(14-17)24(27)28)21(25(2)12-3-4-13-25)16-8-10-18(22)11-9-16/h5-11,14,20-21H,3-4,12-13,22H2,1-2H3/p+1/t20-,21?/m0/s1. The van der Waals surface area contributed by atoms with Gasteiger partial charge in [-0.15, -0.1) is 0 Å². The number of carbonyl (C=O) groups excluding carboxylic acids is 1. The normalized spacial score (nSPS) is 17.6. The maximum atomic E-state index is 12.1. The number of nitrogens with two attached hydrogens (primary N) is 1. The third-order valence-corrected chi connectivity index (χ3v) is 5.65. The van der Waals surface area contributed by atoms with Crippen LogP contribution in [0.4, 0.5) is 11.4 Å². The predicted molar refractivity (Wildman–Crippen MR) is 108 cm³/mol. The lowest BCUT2D eigenvalue weighted by Crippen LogP contribution is -2.50. The van der Waals surface area contributed by atoms with Crippen molar-refractivity contribution >= 4 is 17.3 Å². The maximum Gasteiger partial charge on any atom is 0.269 e. The van der Waals surface area contributed by atoms with Crippen molar-refractivity contribution in [2.75, 3.05) is 25.9 Å². The van der Waals surface area contributed by atoms with Gasteiger partial charge >= 0.3 is 0 Å². The third kappa shape index (κ3) is 4.14. The van der Waals surface area contributed by atoms with Gasteiger partial charge in [-0.1, -0.05) is 24.3 Å². The van der Waals surface area contributed by atoms with Crippen LogP contribution in [0, 0.1) is 10.1 Å². The van der Waals surface area contributed by atoms with Crippen molar-refractivity contribution in [1.82, 2.24) is 5.32 Å². The van der Waals surface area contributed by atoms with E-state index in [1.165, 1.54) is 13.0 Å². The number of nitro benzene ring substituents is 1. The first-order valence-corrected chi connectivity index (χ1v) is 9.51. The monoisotopic (exact) mass is 383 g/mol. The number of non-ortho nitro benzene ring substituents is 1. The highest BCUT2D eigenvalue weighted by Gasteiger charge is 2.43. The van der Waals surface area contributed by atoms with Gasteiger partial charge in [-0.25, -0.2) is 0 Å². The molecular formula is C21H27N4O3+. The molecule has 0 saturated carbocycles. The van der Waals surface area contributed by atoms with Gasteiger partial charge in [0.15, 0.2) is 0 Å². The van der Waals surface area contributed by atoms with Crippen LogP contribution in [0.1, 0.15) is 43.0 Å². The molecule has 2 atom stereocenters. The molecule has 148 valence electrons. The number of rotatable bonds is 6. The van der Waals surface area contributed by atoms with Gasteiger partial charge in [0, 0.05) is 43.1 Å². The van der Waals surface area contributed by atoms with E-state index in [-0.39, 0.29) is 23.7 Å². The Balaban J connectivity index is 2.14. The lowest BCUT2D eigenvalue weighted by Gasteiger charge is -2.42. The van der Waals surface area contributed by atoms with Crippen LogP contribution in [0.2, 0.25) is 0 Å². The molecule has 1 heterocycles. The molecule has 3 rings (SSSR count). The Morgan fingerprint density at radius 2 is 1.79 bits per heavy atom. The van der Waals surface area contributed by atoms with Gasteiger partial charge in [0.25, 0.3) is 5.69 Å². The van der Waals surface area contributed by atoms with Gasteiger partial charge in [0.1, 0.15) is 12.1 Å². The highest BCUT2D eigenvalue weighted by Crippen LogP contribution is 2.41. The van der Waals surface area contributed by atoms with E-state index in [9.17, 15) is 14.9 Å². The first-order chi connectivity index (χ1) is 13.3. The van der Waals surface area contributed by atoms with Crippen molar-refractivity contribution in [3.63, 3.8) is 0 Å². The van der Waals surface area contributed by atoms with Gasteiger partial charge in [0.2, 0.25) is 5.91 Å². The highest BCUT2D eigenvalue weighted by molar-refractivity contribution is 5.73. The molecule has 28 heavy (non-hydrogen) atoms. The van der Waals surface area contributed by atoms with E-state index < -0.39 is 4.92 Å². The van der Waals surface area contributed by atoms with E-state index in [4.69, 9.17) is 5.73 Å². The van der Waals surface area contributed by atoms with Crippen molar-refractivity contribution in [3.05, 3.63) is 69.8 Å². The SMILES string of the molecule is CC(=O)N[C@@H](c1cccc([N+](=O)[O-])c1)C(c1ccc(N)cc1)[N+]1(C)CCCC1. The van der Waals surface area contributed by atoms with Crippen molar-refractivity contribution in [1.29, 1.82) is 0 Å². The van der Waals surface area contributed by atoms with Crippen LogP contribution in [-0.4, -0.2) is 35.5 Å². The second-order valence-electron chi connectivity index (χ2n) is 7.78. The van der Waals surface area contributed by atoms with Crippen LogP contribution >= 0.6 is 0 Å². The molecule has 1 aliphatic rings. The number of nitrogens with one attached hydrogen (secondary N) is 1. The Labute approximate surface area is 164 Å². The second kappa shape index (κ2) is 7.98. The van der Waals surface area contributed by atoms with Gasteiger partial charge < -0.3 is 15.5 Å². The number of anilines is 1. The zero-order valence-corrected chi connectivity index (χ0v) is 16.3. The van der Waals surface area contributed by atoms with Crippen LogP contribution in [0.15, 0.2) is 48.5 Å². The molecule has 0 aliphatic carbocycles. The minimum atomic E-state index is -0.404. The molecule has 1 saturated heterocycles. The summed E-state index contributed by atoms with van der Waals surface area (Å²) in [6, 6.07) is 13.8. The Bertz CT molecular complexity index is 860. The summed E-state index contributed by atoms with van der Waals surface area (Å²) in [5.74, 6) is -0.164. The maximum absolute atomic E-state index is 12.1. The molecule has 7 nitrogen and oxygen atoms in total. The number of carbonyl (C=O) groups is 1. The van der Waals surface area contributed by atoms with Gasteiger partial charge in [-0.2, -0.15) is 0 Å². The minimum absolute atomic E-state index is 0.0213. The number of hydrogen-bond donors (Lipinski definition) is 2. The predicted octanol–water partition coefficient (Wildman–Crippen LogP) is 3.34. The average molecular weight is 383 g/mol. The summed E-state index contributed by atoms with van der Waals surface area (Å²) in [5, 5.41) is 14.4. The third-order valence-electron chi connectivity index (χ3n) is 5.65. The number of nitrogen functional groups attached to an aromatic ring is 1. The molecule has 2 aromatic carbocycles. The molecule has 0 spiro atoms. The Morgan fingerprint density at radius 1 is 1.14 bits per heavy atom. The van der Waals surface area contributed by atoms with Crippen molar-refractivity contribution in [2.45, 2.75) is 31.8 Å². The Kier molecular flexibility index (Phi) is 5.65. The van der Waals surface area contributed by atoms with Crippen molar-refractivity contribution in [2.24, 2.45) is 0 Å². The lowest BCUT2D eigenvalue weighted by atomic mass is 9.90. The summed E-state index contributed by atoms with van der Waals surface area (Å²) in [4.78, 5) is 23.0. The van der Waals surface area contributed by atoms with Gasteiger partial charge in [0.05, 0.1) is 25.1 Å². The summed E-state index contributed by atoms with van der Waals surface area (Å²) < 4.78 is 0.761. The molecule has 1 unspecified atom stereocenters. The van der Waals surface area contributed by atoms with E-state index >= 15 is 0 Å². The van der Waals surface area contributed by atoms with E-state index in [1.54, 1.807) is 12.1 Å². The fraction of sp³-hybridized carbons (Fsp3) is 0.381. The number of nitrogens with zero attached hydrogens (tertiary/aromatic N) is 2.